The highest BCUT2D eigenvalue weighted by Crippen LogP contribution is 2.58. The first-order valence-corrected chi connectivity index (χ1v) is 17.9. The molecule has 1 saturated heterocycles. The average Bonchev–Trinajstić information content (AvgIpc) is 3.65. The molecule has 0 aliphatic carbocycles. The Bertz CT molecular complexity index is 1880. The minimum atomic E-state index is -0.944. The molecule has 0 radical (unpaired) electrons. The topological polar surface area (TPSA) is 137 Å². The van der Waals surface area contributed by atoms with Gasteiger partial charge in [0, 0.05) is 48.4 Å². The lowest BCUT2D eigenvalue weighted by Crippen LogP contribution is -2.69. The molecule has 0 saturated carbocycles. The van der Waals surface area contributed by atoms with Crippen molar-refractivity contribution < 1.29 is 47.9 Å². The highest BCUT2D eigenvalue weighted by atomic mass is 16.7. The molecule has 0 spiro atoms. The van der Waals surface area contributed by atoms with Crippen LogP contribution in [0.15, 0.2) is 49.1 Å². The zero-order valence-electron chi connectivity index (χ0n) is 30.8. The zero-order valence-corrected chi connectivity index (χ0v) is 30.8. The Morgan fingerprint density at radius 1 is 1.04 bits per heavy atom. The monoisotopic (exact) mass is 729 g/mol. The maximum atomic E-state index is 13.5. The van der Waals surface area contributed by atoms with E-state index < -0.39 is 24.5 Å². The molecule has 13 heteroatoms. The van der Waals surface area contributed by atoms with E-state index in [1.807, 2.05) is 51.2 Å². The molecule has 1 unspecified atom stereocenters. The van der Waals surface area contributed by atoms with Crippen molar-refractivity contribution in [1.82, 2.24) is 15.1 Å². The molecule has 2 bridgehead atoms. The first-order chi connectivity index (χ1) is 25.7. The van der Waals surface area contributed by atoms with E-state index >= 15 is 0 Å². The Morgan fingerprint density at radius 3 is 2.55 bits per heavy atom. The summed E-state index contributed by atoms with van der Waals surface area (Å²) < 4.78 is 40.9. The third kappa shape index (κ3) is 6.56. The summed E-state index contributed by atoms with van der Waals surface area (Å²) in [4.78, 5) is 30.8. The lowest BCUT2D eigenvalue weighted by atomic mass is 9.73. The summed E-state index contributed by atoms with van der Waals surface area (Å²) in [6.45, 7) is 7.52. The predicted molar refractivity (Wildman–Crippen MR) is 194 cm³/mol. The number of ether oxygens (including phenoxy) is 7. The normalized spacial score (nSPS) is 22.6. The van der Waals surface area contributed by atoms with E-state index in [0.717, 1.165) is 22.3 Å². The first kappa shape index (κ1) is 36.5. The van der Waals surface area contributed by atoms with Gasteiger partial charge in [-0.05, 0) is 56.8 Å². The van der Waals surface area contributed by atoms with Crippen molar-refractivity contribution in [1.29, 1.82) is 0 Å². The molecule has 4 aliphatic heterocycles. The molecule has 4 aliphatic rings. The van der Waals surface area contributed by atoms with Crippen molar-refractivity contribution in [2.24, 2.45) is 0 Å². The standard InChI is InChI=1S/C40H47N3O10/c1-7-15-49-40(46)53-35-23(3)36-38(52-21-51-36)32-26(35)18-27-33-31-25(16-22(2)34(48-6)37(31)50-20-47-5)17-28(42(33)4)39(45)43(27)29(32)19-41-30(44)14-13-24-11-9-8-10-12-24/h7-12,16,27-29,33,39,45H,1,13-15,17-21H2,2-6H3,(H,41,44)/t27?,28-,29+,33+,39+/m1/s1. The van der Waals surface area contributed by atoms with Gasteiger partial charge in [0.25, 0.3) is 0 Å². The number of carbonyl (C=O) groups excluding carboxylic acids is 2. The first-order valence-electron chi connectivity index (χ1n) is 17.9. The van der Waals surface area contributed by atoms with E-state index in [1.54, 1.807) is 14.2 Å². The molecule has 13 nitrogen and oxygen atoms in total. The average molecular weight is 730 g/mol. The van der Waals surface area contributed by atoms with Crippen LogP contribution in [0.2, 0.25) is 0 Å². The van der Waals surface area contributed by atoms with Gasteiger partial charge in [-0.2, -0.15) is 0 Å². The van der Waals surface area contributed by atoms with Crippen molar-refractivity contribution in [2.75, 3.05) is 48.0 Å². The molecule has 1 fully saturated rings. The number of fused-ring (bicyclic) bond motifs is 9. The van der Waals surface area contributed by atoms with Gasteiger partial charge in [0.2, 0.25) is 12.7 Å². The van der Waals surface area contributed by atoms with Gasteiger partial charge in [0.05, 0.1) is 25.2 Å². The summed E-state index contributed by atoms with van der Waals surface area (Å²) in [5.74, 6) is 2.30. The number of amides is 1. The number of aliphatic hydroxyl groups excluding tert-OH is 1. The van der Waals surface area contributed by atoms with Gasteiger partial charge in [-0.3, -0.25) is 14.6 Å². The molecule has 7 rings (SSSR count). The number of nitrogens with one attached hydrogen (secondary N) is 1. The highest BCUT2D eigenvalue weighted by molar-refractivity contribution is 5.76. The molecule has 4 heterocycles. The van der Waals surface area contributed by atoms with E-state index in [2.05, 4.69) is 27.8 Å². The Labute approximate surface area is 309 Å². The molecule has 0 aromatic heterocycles. The van der Waals surface area contributed by atoms with Gasteiger partial charge >= 0.3 is 6.16 Å². The fraction of sp³-hybridized carbons (Fsp3) is 0.450. The van der Waals surface area contributed by atoms with Gasteiger partial charge < -0.3 is 43.6 Å². The maximum Gasteiger partial charge on any atom is 0.514 e. The van der Waals surface area contributed by atoms with E-state index in [0.29, 0.717) is 64.7 Å². The van der Waals surface area contributed by atoms with Crippen LogP contribution in [0.3, 0.4) is 0 Å². The fourth-order valence-electron chi connectivity index (χ4n) is 8.66. The second-order valence-electron chi connectivity index (χ2n) is 13.9. The third-order valence-electron chi connectivity index (χ3n) is 10.9. The summed E-state index contributed by atoms with van der Waals surface area (Å²) in [5.41, 5.74) is 5.93. The van der Waals surface area contributed by atoms with E-state index in [4.69, 9.17) is 33.2 Å². The number of likely N-dealkylation sites (N-methyl/N-ethyl adjacent to an activating group) is 1. The third-order valence-corrected chi connectivity index (χ3v) is 10.9. The lowest BCUT2D eigenvalue weighted by Gasteiger charge is -2.60. The Morgan fingerprint density at radius 2 is 1.81 bits per heavy atom. The predicted octanol–water partition coefficient (Wildman–Crippen LogP) is 4.67. The second kappa shape index (κ2) is 15.3. The molecule has 3 aromatic rings. The van der Waals surface area contributed by atoms with Crippen LogP contribution in [0, 0.1) is 13.8 Å². The minimum absolute atomic E-state index is 0.0110. The molecule has 5 atom stereocenters. The number of hydrogen-bond donors (Lipinski definition) is 2. The van der Waals surface area contributed by atoms with Crippen LogP contribution in [0.4, 0.5) is 4.79 Å². The highest BCUT2D eigenvalue weighted by Gasteiger charge is 2.56. The summed E-state index contributed by atoms with van der Waals surface area (Å²) in [5, 5.41) is 15.6. The van der Waals surface area contributed by atoms with Crippen molar-refractivity contribution in [3.05, 3.63) is 88.0 Å². The number of aryl methyl sites for hydroxylation is 2. The summed E-state index contributed by atoms with van der Waals surface area (Å²) >= 11 is 0. The Kier molecular flexibility index (Phi) is 10.5. The van der Waals surface area contributed by atoms with E-state index in [1.165, 1.54) is 6.08 Å². The van der Waals surface area contributed by atoms with Crippen molar-refractivity contribution in [2.45, 2.75) is 69.9 Å². The number of rotatable bonds is 12. The summed E-state index contributed by atoms with van der Waals surface area (Å²) in [7, 11) is 5.20. The van der Waals surface area contributed by atoms with E-state index in [9.17, 15) is 14.7 Å². The van der Waals surface area contributed by atoms with Crippen LogP contribution < -0.4 is 29.0 Å². The van der Waals surface area contributed by atoms with Gasteiger partial charge in [0.15, 0.2) is 29.8 Å². The number of nitrogens with zero attached hydrogens (tertiary/aromatic N) is 2. The molecule has 2 N–H and O–H groups in total. The van der Waals surface area contributed by atoms with Crippen LogP contribution >= 0.6 is 0 Å². The molecular weight excluding hydrogens is 682 g/mol. The van der Waals surface area contributed by atoms with Crippen LogP contribution in [-0.2, 0) is 33.5 Å². The van der Waals surface area contributed by atoms with Crippen LogP contribution in [0.1, 0.15) is 57.4 Å². The Hall–Kier alpha value is -4.82. The summed E-state index contributed by atoms with van der Waals surface area (Å²) in [6.07, 6.45) is 1.38. The number of aliphatic hydroxyl groups is 1. The molecule has 53 heavy (non-hydrogen) atoms. The fourth-order valence-corrected chi connectivity index (χ4v) is 8.66. The second-order valence-corrected chi connectivity index (χ2v) is 13.9. The van der Waals surface area contributed by atoms with Gasteiger partial charge in [-0.25, -0.2) is 4.79 Å². The molecule has 282 valence electrons. The number of benzene rings is 3. The number of methoxy groups -OCH3 is 2. The number of piperazine rings is 1. The number of carbonyl (C=O) groups is 2. The van der Waals surface area contributed by atoms with E-state index in [-0.39, 0.29) is 51.1 Å². The largest absolute Gasteiger partial charge is 0.514 e. The Balaban J connectivity index is 1.36. The van der Waals surface area contributed by atoms with Crippen LogP contribution in [-0.4, -0.2) is 93.3 Å². The van der Waals surface area contributed by atoms with Gasteiger partial charge in [-0.1, -0.05) is 49.1 Å². The zero-order chi connectivity index (χ0) is 37.4. The van der Waals surface area contributed by atoms with Gasteiger partial charge in [0.1, 0.15) is 18.6 Å². The molecule has 1 amide bonds. The quantitative estimate of drug-likeness (QED) is 0.116. The summed E-state index contributed by atoms with van der Waals surface area (Å²) in [6, 6.07) is 10.3. The van der Waals surface area contributed by atoms with Gasteiger partial charge in [-0.15, -0.1) is 0 Å². The molecular formula is C40H47N3O10. The SMILES string of the molecule is C=CCOC(=O)Oc1c(C)c2c(c3c1CC1[C@H]4c5c(cc(C)c(OC)c5OCOC)C[C@H]([C@H](O)N1[C@H]3CNC(=O)CCc1ccccc1)N4C)OCO2. The van der Waals surface area contributed by atoms with Crippen LogP contribution in [0.5, 0.6) is 28.7 Å². The van der Waals surface area contributed by atoms with Crippen molar-refractivity contribution in [3.8, 4) is 28.7 Å². The number of hydrogen-bond acceptors (Lipinski definition) is 12. The maximum absolute atomic E-state index is 13.5. The van der Waals surface area contributed by atoms with Crippen LogP contribution in [0.25, 0.3) is 0 Å². The minimum Gasteiger partial charge on any atom is -0.493 e. The van der Waals surface area contributed by atoms with Crippen molar-refractivity contribution >= 4 is 12.1 Å². The molecule has 3 aromatic carbocycles. The smallest absolute Gasteiger partial charge is 0.493 e. The van der Waals surface area contributed by atoms with Crippen molar-refractivity contribution in [3.63, 3.8) is 0 Å². The lowest BCUT2D eigenvalue weighted by molar-refractivity contribution is -0.172.